The van der Waals surface area contributed by atoms with Crippen molar-refractivity contribution in [2.45, 2.75) is 0 Å². The van der Waals surface area contributed by atoms with Crippen molar-refractivity contribution in [3.63, 3.8) is 0 Å². The van der Waals surface area contributed by atoms with Crippen molar-refractivity contribution in [2.75, 3.05) is 0 Å². The summed E-state index contributed by atoms with van der Waals surface area (Å²) < 4.78 is 0. The van der Waals surface area contributed by atoms with Crippen LogP contribution in [0.4, 0.5) is 0 Å². The summed E-state index contributed by atoms with van der Waals surface area (Å²) in [7, 11) is 0. The van der Waals surface area contributed by atoms with Crippen LogP contribution < -0.4 is 0 Å². The summed E-state index contributed by atoms with van der Waals surface area (Å²) in [5.74, 6) is 1.31. The molecule has 84 heavy (non-hydrogen) atoms. The van der Waals surface area contributed by atoms with Crippen LogP contribution in [0.25, 0.3) is 166 Å². The van der Waals surface area contributed by atoms with Gasteiger partial charge < -0.3 is 0 Å². The van der Waals surface area contributed by atoms with E-state index in [1.165, 1.54) is 0 Å². The monoisotopic (exact) mass is 1070 g/mol. The Morgan fingerprint density at radius 3 is 0.845 bits per heavy atom. The van der Waals surface area contributed by atoms with Crippen LogP contribution in [0.5, 0.6) is 0 Å². The SMILES string of the molecule is c1cnc2ccc(-c3ccc(-c4cc(-c5c6ccccc6cc6ccccc56)nc(-c5ccc(-c6ccc(-c7nc(-c8ccc(-c9ccc%10ncccc%10c9)cc8)cc(-c8c9ccccc9cc9ccccc89)n7)cc6)cc5)n4)cc3)cc2c1. The van der Waals surface area contributed by atoms with Gasteiger partial charge in [-0.3, -0.25) is 9.97 Å². The van der Waals surface area contributed by atoms with Gasteiger partial charge in [0.2, 0.25) is 0 Å². The van der Waals surface area contributed by atoms with Crippen molar-refractivity contribution >= 4 is 64.9 Å². The molecule has 4 aromatic heterocycles. The number of aromatic nitrogens is 6. The minimum absolute atomic E-state index is 0.653. The first-order chi connectivity index (χ1) is 41.6. The quantitative estimate of drug-likeness (QED) is 0.134. The first-order valence-electron chi connectivity index (χ1n) is 28.3. The number of fused-ring (bicyclic) bond motifs is 6. The summed E-state index contributed by atoms with van der Waals surface area (Å²) >= 11 is 0. The second-order valence-electron chi connectivity index (χ2n) is 21.4. The lowest BCUT2D eigenvalue weighted by molar-refractivity contribution is 1.19. The molecule has 0 fully saturated rings. The summed E-state index contributed by atoms with van der Waals surface area (Å²) in [5.41, 5.74) is 18.1. The van der Waals surface area contributed by atoms with Gasteiger partial charge in [0.05, 0.1) is 33.8 Å². The third kappa shape index (κ3) is 8.87. The van der Waals surface area contributed by atoms with Crippen LogP contribution >= 0.6 is 0 Å². The smallest absolute Gasteiger partial charge is 0.160 e. The number of hydrogen-bond donors (Lipinski definition) is 0. The van der Waals surface area contributed by atoms with Gasteiger partial charge in [0.15, 0.2) is 11.6 Å². The van der Waals surface area contributed by atoms with E-state index in [2.05, 4.69) is 277 Å². The van der Waals surface area contributed by atoms with Crippen LogP contribution in [0.1, 0.15) is 0 Å². The zero-order chi connectivity index (χ0) is 55.5. The van der Waals surface area contributed by atoms with Crippen molar-refractivity contribution in [3.05, 3.63) is 291 Å². The zero-order valence-electron chi connectivity index (χ0n) is 45.4. The van der Waals surface area contributed by atoms with Crippen molar-refractivity contribution in [1.82, 2.24) is 29.9 Å². The first kappa shape index (κ1) is 48.6. The molecule has 0 spiro atoms. The number of benzene rings is 12. The lowest BCUT2D eigenvalue weighted by Crippen LogP contribution is -1.97. The Labute approximate surface area is 484 Å². The highest BCUT2D eigenvalue weighted by Gasteiger charge is 2.19. The molecule has 0 aliphatic rings. The van der Waals surface area contributed by atoms with Gasteiger partial charge in [-0.1, -0.05) is 218 Å². The van der Waals surface area contributed by atoms with Crippen LogP contribution in [0, 0.1) is 0 Å². The predicted molar refractivity (Wildman–Crippen MR) is 347 cm³/mol. The van der Waals surface area contributed by atoms with E-state index in [9.17, 15) is 0 Å². The fourth-order valence-electron chi connectivity index (χ4n) is 12.1. The average Bonchev–Trinajstić information content (AvgIpc) is 1.92. The lowest BCUT2D eigenvalue weighted by atomic mass is 9.93. The fourth-order valence-corrected chi connectivity index (χ4v) is 12.1. The number of rotatable bonds is 9. The van der Waals surface area contributed by atoms with E-state index in [1.807, 2.05) is 24.5 Å². The lowest BCUT2D eigenvalue weighted by Gasteiger charge is -2.15. The molecule has 0 aliphatic carbocycles. The van der Waals surface area contributed by atoms with E-state index in [-0.39, 0.29) is 0 Å². The minimum atomic E-state index is 0.653. The molecule has 0 bridgehead atoms. The molecule has 0 atom stereocenters. The molecule has 4 heterocycles. The highest BCUT2D eigenvalue weighted by atomic mass is 14.9. The molecular formula is C78H48N6. The molecule has 0 N–H and O–H groups in total. The van der Waals surface area contributed by atoms with Gasteiger partial charge in [0, 0.05) is 56.5 Å². The Morgan fingerprint density at radius 2 is 0.476 bits per heavy atom. The van der Waals surface area contributed by atoms with E-state index >= 15 is 0 Å². The Balaban J connectivity index is 0.766. The van der Waals surface area contributed by atoms with Gasteiger partial charge in [0.1, 0.15) is 0 Å². The van der Waals surface area contributed by atoms with E-state index in [1.54, 1.807) is 0 Å². The highest BCUT2D eigenvalue weighted by molar-refractivity contribution is 6.14. The largest absolute Gasteiger partial charge is 0.256 e. The molecule has 0 aliphatic heterocycles. The maximum Gasteiger partial charge on any atom is 0.160 e. The first-order valence-corrected chi connectivity index (χ1v) is 28.3. The Morgan fingerprint density at radius 1 is 0.190 bits per heavy atom. The topological polar surface area (TPSA) is 77.3 Å². The van der Waals surface area contributed by atoms with Crippen molar-refractivity contribution < 1.29 is 0 Å². The maximum atomic E-state index is 5.43. The standard InChI is InChI=1S/C78H48N6/c1-5-17-65-59(11-1)45-60-12-2-6-18-66(60)75(65)73-47-71(53-29-21-51(22-30-53)57-37-39-69-63(43-57)15-9-41-79-69)81-77(83-73)55-33-25-49(26-34-55)50-27-35-56(36-28-50)78-82-72(54-31-23-52(24-32-54)58-38-40-70-64(44-58)16-10-42-80-70)48-74(84-78)76-67-19-7-3-13-61(67)46-62-14-4-8-20-68(62)76/h1-48H. The van der Waals surface area contributed by atoms with Gasteiger partial charge in [-0.2, -0.15) is 0 Å². The molecule has 0 unspecified atom stereocenters. The molecule has 16 aromatic rings. The number of nitrogens with zero attached hydrogens (tertiary/aromatic N) is 6. The summed E-state index contributed by atoms with van der Waals surface area (Å²) in [4.78, 5) is 30.6. The molecule has 390 valence electrons. The number of pyridine rings is 2. The van der Waals surface area contributed by atoms with Crippen LogP contribution in [-0.2, 0) is 0 Å². The van der Waals surface area contributed by atoms with E-state index < -0.39 is 0 Å². The van der Waals surface area contributed by atoms with Crippen LogP contribution in [0.2, 0.25) is 0 Å². The minimum Gasteiger partial charge on any atom is -0.256 e. The van der Waals surface area contributed by atoms with Gasteiger partial charge in [-0.15, -0.1) is 0 Å². The molecular weight excluding hydrogens is 1020 g/mol. The zero-order valence-corrected chi connectivity index (χ0v) is 45.4. The molecule has 16 rings (SSSR count). The Hall–Kier alpha value is -11.3. The van der Waals surface area contributed by atoms with E-state index in [0.717, 1.165) is 154 Å². The molecule has 12 aromatic carbocycles. The fraction of sp³-hybridized carbons (Fsp3) is 0. The normalized spacial score (nSPS) is 11.6. The summed E-state index contributed by atoms with van der Waals surface area (Å²) in [6.45, 7) is 0. The maximum absolute atomic E-state index is 5.43. The molecule has 6 nitrogen and oxygen atoms in total. The van der Waals surface area contributed by atoms with Crippen LogP contribution in [0.15, 0.2) is 291 Å². The number of hydrogen-bond acceptors (Lipinski definition) is 6. The van der Waals surface area contributed by atoms with Crippen LogP contribution in [0.3, 0.4) is 0 Å². The van der Waals surface area contributed by atoms with Gasteiger partial charge in [-0.25, -0.2) is 19.9 Å². The Kier molecular flexibility index (Phi) is 11.8. The highest BCUT2D eigenvalue weighted by Crippen LogP contribution is 2.41. The Bertz CT molecular complexity index is 4790. The molecule has 0 saturated heterocycles. The van der Waals surface area contributed by atoms with Crippen molar-refractivity contribution in [2.24, 2.45) is 0 Å². The van der Waals surface area contributed by atoms with Crippen molar-refractivity contribution in [3.8, 4) is 101 Å². The second-order valence-corrected chi connectivity index (χ2v) is 21.4. The van der Waals surface area contributed by atoms with E-state index in [4.69, 9.17) is 19.9 Å². The summed E-state index contributed by atoms with van der Waals surface area (Å²) in [6, 6.07) is 98.9. The molecule has 0 amide bonds. The third-order valence-corrected chi connectivity index (χ3v) is 16.4. The van der Waals surface area contributed by atoms with Gasteiger partial charge >= 0.3 is 0 Å². The predicted octanol–water partition coefficient (Wildman–Crippen LogP) is 20.0. The molecule has 0 saturated carbocycles. The summed E-state index contributed by atoms with van der Waals surface area (Å²) in [6.07, 6.45) is 3.67. The van der Waals surface area contributed by atoms with Gasteiger partial charge in [0.25, 0.3) is 0 Å². The average molecular weight is 1070 g/mol. The second kappa shape index (κ2) is 20.3. The summed E-state index contributed by atoms with van der Waals surface area (Å²) in [5, 5.41) is 11.5. The van der Waals surface area contributed by atoms with E-state index in [0.29, 0.717) is 11.6 Å². The van der Waals surface area contributed by atoms with Crippen molar-refractivity contribution in [1.29, 1.82) is 0 Å². The molecule has 0 radical (unpaired) electrons. The van der Waals surface area contributed by atoms with Gasteiger partial charge in [-0.05, 0) is 137 Å². The third-order valence-electron chi connectivity index (χ3n) is 16.4. The molecule has 6 heteroatoms. The van der Waals surface area contributed by atoms with Crippen LogP contribution in [-0.4, -0.2) is 29.9 Å².